The van der Waals surface area contributed by atoms with Gasteiger partial charge in [-0.25, -0.2) is 8.78 Å². The first kappa shape index (κ1) is 8.84. The Labute approximate surface area is 70.0 Å². The van der Waals surface area contributed by atoms with Crippen molar-refractivity contribution in [2.75, 3.05) is 0 Å². The highest BCUT2D eigenvalue weighted by molar-refractivity contribution is 7.80. The van der Waals surface area contributed by atoms with Gasteiger partial charge in [0, 0.05) is 18.8 Å². The second kappa shape index (κ2) is 3.01. The zero-order valence-electron chi connectivity index (χ0n) is 6.15. The number of halogens is 2. The lowest BCUT2D eigenvalue weighted by Crippen LogP contribution is -2.33. The molecule has 1 nitrogen and oxygen atoms in total. The standard InChI is InChI=1S/C7H11F2NS/c8-7(9)3-1-2-5(4-7)6(10)11/h5H,1-4H2,(H2,10,11). The van der Waals surface area contributed by atoms with E-state index in [0.29, 0.717) is 6.42 Å². The minimum absolute atomic E-state index is 0.00782. The Balaban J connectivity index is 2.53. The van der Waals surface area contributed by atoms with Crippen LogP contribution in [0.4, 0.5) is 8.78 Å². The summed E-state index contributed by atoms with van der Waals surface area (Å²) in [4.78, 5) is 0.240. The van der Waals surface area contributed by atoms with E-state index in [1.807, 2.05) is 0 Å². The third-order valence-electron chi connectivity index (χ3n) is 2.04. The predicted octanol–water partition coefficient (Wildman–Crippen LogP) is 2.10. The Morgan fingerprint density at radius 2 is 2.18 bits per heavy atom. The number of hydrogen-bond acceptors (Lipinski definition) is 1. The van der Waals surface area contributed by atoms with E-state index in [1.165, 1.54) is 0 Å². The van der Waals surface area contributed by atoms with Crippen LogP contribution in [0, 0.1) is 5.92 Å². The lowest BCUT2D eigenvalue weighted by atomic mass is 9.86. The number of thiocarbonyl (C=S) groups is 1. The molecule has 1 fully saturated rings. The Morgan fingerprint density at radius 1 is 1.55 bits per heavy atom. The summed E-state index contributed by atoms with van der Waals surface area (Å²) in [5.41, 5.74) is 5.29. The van der Waals surface area contributed by atoms with Crippen LogP contribution >= 0.6 is 12.2 Å². The normalized spacial score (nSPS) is 29.8. The highest BCUT2D eigenvalue weighted by atomic mass is 32.1. The molecule has 11 heavy (non-hydrogen) atoms. The molecule has 0 saturated heterocycles. The molecule has 0 aromatic rings. The monoisotopic (exact) mass is 179 g/mol. The van der Waals surface area contributed by atoms with Gasteiger partial charge in [-0.3, -0.25) is 0 Å². The van der Waals surface area contributed by atoms with Gasteiger partial charge in [0.15, 0.2) is 0 Å². The lowest BCUT2D eigenvalue weighted by molar-refractivity contribution is -0.0425. The van der Waals surface area contributed by atoms with Gasteiger partial charge in [-0.05, 0) is 12.8 Å². The summed E-state index contributed by atoms with van der Waals surface area (Å²) in [6, 6.07) is 0. The minimum atomic E-state index is -2.54. The molecule has 0 bridgehead atoms. The Bertz CT molecular complexity index is 170. The summed E-state index contributed by atoms with van der Waals surface area (Å²) in [7, 11) is 0. The average Bonchev–Trinajstić information content (AvgIpc) is 1.85. The van der Waals surface area contributed by atoms with Crippen molar-refractivity contribution >= 4 is 17.2 Å². The average molecular weight is 179 g/mol. The molecule has 1 atom stereocenters. The Hall–Kier alpha value is -0.250. The third-order valence-corrected chi connectivity index (χ3v) is 2.38. The second-order valence-corrected chi connectivity index (χ2v) is 3.52. The van der Waals surface area contributed by atoms with Gasteiger partial charge < -0.3 is 5.73 Å². The molecule has 0 amide bonds. The summed E-state index contributed by atoms with van der Waals surface area (Å²) >= 11 is 4.66. The SMILES string of the molecule is NC(=S)C1CCCC(F)(F)C1. The third kappa shape index (κ3) is 2.36. The first-order chi connectivity index (χ1) is 5.01. The van der Waals surface area contributed by atoms with Crippen LogP contribution in [0.3, 0.4) is 0 Å². The molecule has 0 aromatic carbocycles. The largest absolute Gasteiger partial charge is 0.393 e. The molecule has 4 heteroatoms. The highest BCUT2D eigenvalue weighted by Crippen LogP contribution is 2.36. The molecule has 0 aliphatic heterocycles. The quantitative estimate of drug-likeness (QED) is 0.624. The molecule has 1 aliphatic rings. The fourth-order valence-electron chi connectivity index (χ4n) is 1.41. The van der Waals surface area contributed by atoms with Gasteiger partial charge in [0.1, 0.15) is 0 Å². The van der Waals surface area contributed by atoms with E-state index in [1.54, 1.807) is 0 Å². The van der Waals surface area contributed by atoms with Crippen molar-refractivity contribution in [1.29, 1.82) is 0 Å². The van der Waals surface area contributed by atoms with Crippen LogP contribution in [0.2, 0.25) is 0 Å². The van der Waals surface area contributed by atoms with E-state index in [0.717, 1.165) is 6.42 Å². The highest BCUT2D eigenvalue weighted by Gasteiger charge is 2.36. The number of rotatable bonds is 1. The van der Waals surface area contributed by atoms with Gasteiger partial charge in [0.05, 0.1) is 4.99 Å². The summed E-state index contributed by atoms with van der Waals surface area (Å²) < 4.78 is 25.4. The molecule has 0 spiro atoms. The fourth-order valence-corrected chi connectivity index (χ4v) is 1.62. The van der Waals surface area contributed by atoms with Crippen molar-refractivity contribution < 1.29 is 8.78 Å². The summed E-state index contributed by atoms with van der Waals surface area (Å²) in [6.07, 6.45) is 1.11. The predicted molar refractivity (Wildman–Crippen MR) is 43.7 cm³/mol. The van der Waals surface area contributed by atoms with Crippen molar-refractivity contribution in [3.63, 3.8) is 0 Å². The molecule has 64 valence electrons. The lowest BCUT2D eigenvalue weighted by Gasteiger charge is -2.27. The van der Waals surface area contributed by atoms with Crippen molar-refractivity contribution in [2.24, 2.45) is 11.7 Å². The molecule has 1 rings (SSSR count). The van der Waals surface area contributed by atoms with Crippen LogP contribution in [0.25, 0.3) is 0 Å². The van der Waals surface area contributed by atoms with E-state index in [-0.39, 0.29) is 23.7 Å². The summed E-state index contributed by atoms with van der Waals surface area (Å²) in [5.74, 6) is -2.78. The van der Waals surface area contributed by atoms with Gasteiger partial charge in [-0.15, -0.1) is 0 Å². The van der Waals surface area contributed by atoms with Crippen molar-refractivity contribution in [2.45, 2.75) is 31.6 Å². The fraction of sp³-hybridized carbons (Fsp3) is 0.857. The first-order valence-corrected chi connectivity index (χ1v) is 4.09. The molecule has 1 saturated carbocycles. The first-order valence-electron chi connectivity index (χ1n) is 3.68. The molecule has 1 aliphatic carbocycles. The second-order valence-electron chi connectivity index (χ2n) is 3.05. The zero-order valence-corrected chi connectivity index (χ0v) is 6.96. The smallest absolute Gasteiger partial charge is 0.248 e. The van der Waals surface area contributed by atoms with Crippen LogP contribution in [0.15, 0.2) is 0 Å². The maximum Gasteiger partial charge on any atom is 0.248 e. The maximum absolute atomic E-state index is 12.7. The van der Waals surface area contributed by atoms with Crippen LogP contribution in [-0.4, -0.2) is 10.9 Å². The molecule has 2 N–H and O–H groups in total. The molecule has 0 radical (unpaired) electrons. The topological polar surface area (TPSA) is 26.0 Å². The van der Waals surface area contributed by atoms with E-state index in [2.05, 4.69) is 12.2 Å². The van der Waals surface area contributed by atoms with Crippen LogP contribution in [-0.2, 0) is 0 Å². The number of hydrogen-bond donors (Lipinski definition) is 1. The molecule has 1 unspecified atom stereocenters. The van der Waals surface area contributed by atoms with E-state index < -0.39 is 5.92 Å². The van der Waals surface area contributed by atoms with Crippen molar-refractivity contribution in [3.8, 4) is 0 Å². The van der Waals surface area contributed by atoms with E-state index >= 15 is 0 Å². The summed E-state index contributed by atoms with van der Waals surface area (Å²) in [6.45, 7) is 0. The minimum Gasteiger partial charge on any atom is -0.393 e. The van der Waals surface area contributed by atoms with Crippen LogP contribution in [0.1, 0.15) is 25.7 Å². The van der Waals surface area contributed by atoms with Gasteiger partial charge in [-0.2, -0.15) is 0 Å². The zero-order chi connectivity index (χ0) is 8.48. The molecule has 0 aromatic heterocycles. The van der Waals surface area contributed by atoms with E-state index in [9.17, 15) is 8.78 Å². The van der Waals surface area contributed by atoms with Crippen LogP contribution in [0.5, 0.6) is 0 Å². The summed E-state index contributed by atoms with van der Waals surface area (Å²) in [5, 5.41) is 0. The van der Waals surface area contributed by atoms with Gasteiger partial charge in [-0.1, -0.05) is 12.2 Å². The Morgan fingerprint density at radius 3 is 2.55 bits per heavy atom. The van der Waals surface area contributed by atoms with Crippen LogP contribution < -0.4 is 5.73 Å². The van der Waals surface area contributed by atoms with Gasteiger partial charge in [0.2, 0.25) is 5.92 Å². The Kier molecular flexibility index (Phi) is 2.42. The molecular weight excluding hydrogens is 168 g/mol. The van der Waals surface area contributed by atoms with Gasteiger partial charge >= 0.3 is 0 Å². The van der Waals surface area contributed by atoms with Crippen molar-refractivity contribution in [1.82, 2.24) is 0 Å². The van der Waals surface area contributed by atoms with Crippen molar-refractivity contribution in [3.05, 3.63) is 0 Å². The maximum atomic E-state index is 12.7. The number of nitrogens with two attached hydrogens (primary N) is 1. The van der Waals surface area contributed by atoms with Gasteiger partial charge in [0.25, 0.3) is 0 Å². The van der Waals surface area contributed by atoms with E-state index in [4.69, 9.17) is 5.73 Å². The molecule has 0 heterocycles. The number of alkyl halides is 2. The molecular formula is C7H11F2NS.